The first kappa shape index (κ1) is 26.9. The van der Waals surface area contributed by atoms with Crippen LogP contribution in [0.2, 0.25) is 0 Å². The number of benzene rings is 3. The Labute approximate surface area is 233 Å². The van der Waals surface area contributed by atoms with Gasteiger partial charge in [0.1, 0.15) is 0 Å². The topological polar surface area (TPSA) is 115 Å². The number of rotatable bonds is 7. The number of carbonyl (C=O) groups excluding carboxylic acids is 3. The first-order valence-electron chi connectivity index (χ1n) is 13.3. The number of carbonyl (C=O) groups is 3. The van der Waals surface area contributed by atoms with Crippen molar-refractivity contribution in [2.45, 2.75) is 32.8 Å². The van der Waals surface area contributed by atoms with E-state index in [1.807, 2.05) is 26.0 Å². The fraction of sp³-hybridized carbons (Fsp3) is 0.219. The van der Waals surface area contributed by atoms with E-state index in [1.54, 1.807) is 66.7 Å². The highest BCUT2D eigenvalue weighted by Crippen LogP contribution is 2.22. The van der Waals surface area contributed by atoms with Crippen LogP contribution in [0.5, 0.6) is 0 Å². The van der Waals surface area contributed by atoms with Crippen molar-refractivity contribution in [2.24, 2.45) is 0 Å². The van der Waals surface area contributed by atoms with Crippen molar-refractivity contribution < 1.29 is 19.5 Å². The normalized spacial score (nSPS) is 13.6. The number of nitrogens with zero attached hydrogens (tertiary/aromatic N) is 1. The molecule has 0 spiro atoms. The Morgan fingerprint density at radius 3 is 1.75 bits per heavy atom. The van der Waals surface area contributed by atoms with Gasteiger partial charge in [-0.15, -0.1) is 0 Å². The van der Waals surface area contributed by atoms with Crippen molar-refractivity contribution in [3.63, 3.8) is 0 Å². The Morgan fingerprint density at radius 1 is 0.750 bits per heavy atom. The molecule has 204 valence electrons. The molecule has 3 aromatic carbocycles. The van der Waals surface area contributed by atoms with Crippen molar-refractivity contribution in [3.05, 3.63) is 113 Å². The van der Waals surface area contributed by atoms with E-state index in [2.05, 4.69) is 20.5 Å². The number of aliphatic hydroxyl groups excluding tert-OH is 1. The van der Waals surface area contributed by atoms with Gasteiger partial charge in [-0.2, -0.15) is 0 Å². The van der Waals surface area contributed by atoms with Crippen LogP contribution >= 0.6 is 0 Å². The molecule has 0 bridgehead atoms. The predicted octanol–water partition coefficient (Wildman–Crippen LogP) is 5.33. The number of H-pyrrole nitrogens is 1. The van der Waals surface area contributed by atoms with Gasteiger partial charge in [0.2, 0.25) is 0 Å². The van der Waals surface area contributed by atoms with Gasteiger partial charge in [0.25, 0.3) is 11.8 Å². The van der Waals surface area contributed by atoms with Crippen molar-refractivity contribution >= 4 is 34.7 Å². The van der Waals surface area contributed by atoms with Gasteiger partial charge in [-0.3, -0.25) is 14.4 Å². The fourth-order valence-electron chi connectivity index (χ4n) is 4.89. The molecule has 2 amide bonds. The molecular weight excluding hydrogens is 504 g/mol. The Hall–Kier alpha value is -4.69. The van der Waals surface area contributed by atoms with Gasteiger partial charge in [0.05, 0.1) is 11.7 Å². The van der Waals surface area contributed by atoms with E-state index in [9.17, 15) is 19.5 Å². The van der Waals surface area contributed by atoms with E-state index in [-0.39, 0.29) is 23.7 Å². The number of aromatic nitrogens is 1. The van der Waals surface area contributed by atoms with Crippen molar-refractivity contribution in [3.8, 4) is 0 Å². The van der Waals surface area contributed by atoms with Crippen LogP contribution in [-0.4, -0.2) is 46.9 Å². The molecule has 1 aliphatic rings. The predicted molar refractivity (Wildman–Crippen MR) is 156 cm³/mol. The average molecular weight is 537 g/mol. The Kier molecular flexibility index (Phi) is 7.79. The lowest BCUT2D eigenvalue weighted by Crippen LogP contribution is -2.35. The number of hydrogen-bond acceptors (Lipinski definition) is 5. The van der Waals surface area contributed by atoms with E-state index in [1.165, 1.54) is 0 Å². The molecule has 1 fully saturated rings. The number of hydrogen-bond donors (Lipinski definition) is 4. The minimum atomic E-state index is -0.234. The highest BCUT2D eigenvalue weighted by atomic mass is 16.3. The molecule has 0 aliphatic carbocycles. The van der Waals surface area contributed by atoms with Gasteiger partial charge in [-0.25, -0.2) is 0 Å². The van der Waals surface area contributed by atoms with Crippen molar-refractivity contribution in [2.75, 3.05) is 28.6 Å². The van der Waals surface area contributed by atoms with Crippen molar-refractivity contribution in [1.29, 1.82) is 0 Å². The molecule has 4 N–H and O–H groups in total. The molecule has 40 heavy (non-hydrogen) atoms. The van der Waals surface area contributed by atoms with Gasteiger partial charge < -0.3 is 25.6 Å². The van der Waals surface area contributed by atoms with Crippen LogP contribution < -0.4 is 15.5 Å². The molecular formula is C32H32N4O4. The summed E-state index contributed by atoms with van der Waals surface area (Å²) in [7, 11) is 0. The number of aromatic amines is 1. The Bertz CT molecular complexity index is 1510. The highest BCUT2D eigenvalue weighted by molar-refractivity contribution is 6.10. The summed E-state index contributed by atoms with van der Waals surface area (Å²) in [6, 6.07) is 22.8. The summed E-state index contributed by atoms with van der Waals surface area (Å²) in [5.74, 6) is -0.603. The maximum Gasteiger partial charge on any atom is 0.257 e. The lowest BCUT2D eigenvalue weighted by molar-refractivity contribution is 0.101. The fourth-order valence-corrected chi connectivity index (χ4v) is 4.89. The number of aliphatic hydroxyl groups is 1. The summed E-state index contributed by atoms with van der Waals surface area (Å²) < 4.78 is 0. The quantitative estimate of drug-likeness (QED) is 0.239. The van der Waals surface area contributed by atoms with Crippen molar-refractivity contribution in [1.82, 2.24) is 4.98 Å². The van der Waals surface area contributed by atoms with Gasteiger partial charge in [-0.05, 0) is 106 Å². The Morgan fingerprint density at radius 2 is 1.25 bits per heavy atom. The maximum atomic E-state index is 13.0. The van der Waals surface area contributed by atoms with Crippen LogP contribution in [0.3, 0.4) is 0 Å². The number of nitrogens with one attached hydrogen (secondary N) is 3. The second kappa shape index (κ2) is 11.6. The molecule has 0 saturated carbocycles. The lowest BCUT2D eigenvalue weighted by Gasteiger charge is -2.31. The number of aryl methyl sites for hydroxylation is 2. The van der Waals surface area contributed by atoms with E-state index < -0.39 is 0 Å². The first-order valence-corrected chi connectivity index (χ1v) is 13.3. The molecule has 0 unspecified atom stereocenters. The van der Waals surface area contributed by atoms with Crippen LogP contribution in [0.1, 0.15) is 60.9 Å². The second-order valence-electron chi connectivity index (χ2n) is 10.1. The molecule has 8 heteroatoms. The first-order chi connectivity index (χ1) is 19.3. The molecule has 2 heterocycles. The molecule has 4 aromatic rings. The molecule has 1 aliphatic heterocycles. The molecule has 0 atom stereocenters. The summed E-state index contributed by atoms with van der Waals surface area (Å²) >= 11 is 0. The van der Waals surface area contributed by atoms with E-state index in [0.29, 0.717) is 33.6 Å². The summed E-state index contributed by atoms with van der Waals surface area (Å²) in [5.41, 5.74) is 6.04. The van der Waals surface area contributed by atoms with Gasteiger partial charge in [0.15, 0.2) is 5.78 Å². The second-order valence-corrected chi connectivity index (χ2v) is 10.1. The third kappa shape index (κ3) is 6.13. The average Bonchev–Trinajstić information content (AvgIpc) is 3.31. The molecule has 8 nitrogen and oxygen atoms in total. The summed E-state index contributed by atoms with van der Waals surface area (Å²) in [5, 5.41) is 15.4. The minimum absolute atomic E-state index is 0.159. The largest absolute Gasteiger partial charge is 0.393 e. The molecule has 1 saturated heterocycles. The molecule has 1 aromatic heterocycles. The standard InChI is InChI=1S/C32H32N4O4/c1-20-19-29(21(2)33-20)32(40)35-26-11-5-23(6-12-26)30(38)22-3-9-25(10-4-22)34-31(39)24-7-13-27(14-8-24)36-17-15-28(37)16-18-36/h3-14,19,28,33,37H,15-18H2,1-2H3,(H,34,39)(H,35,40). The number of piperidine rings is 1. The van der Waals surface area contributed by atoms with Crippen LogP contribution in [0, 0.1) is 13.8 Å². The molecule has 0 radical (unpaired) electrons. The smallest absolute Gasteiger partial charge is 0.257 e. The zero-order chi connectivity index (χ0) is 28.2. The minimum Gasteiger partial charge on any atom is -0.393 e. The van der Waals surface area contributed by atoms with Crippen LogP contribution in [0.15, 0.2) is 78.9 Å². The summed E-state index contributed by atoms with van der Waals surface area (Å²) in [4.78, 5) is 43.6. The van der Waals surface area contributed by atoms with Crippen LogP contribution in [-0.2, 0) is 0 Å². The van der Waals surface area contributed by atoms with Gasteiger partial charge in [-0.1, -0.05) is 0 Å². The van der Waals surface area contributed by atoms with Gasteiger partial charge >= 0.3 is 0 Å². The summed E-state index contributed by atoms with van der Waals surface area (Å²) in [6.07, 6.45) is 1.27. The zero-order valence-electron chi connectivity index (χ0n) is 22.5. The number of anilines is 3. The van der Waals surface area contributed by atoms with Gasteiger partial charge in [0, 0.05) is 58.2 Å². The maximum absolute atomic E-state index is 13.0. The third-order valence-corrected chi connectivity index (χ3v) is 7.16. The summed E-state index contributed by atoms with van der Waals surface area (Å²) in [6.45, 7) is 5.34. The molecule has 5 rings (SSSR count). The number of ketones is 1. The third-order valence-electron chi connectivity index (χ3n) is 7.16. The monoisotopic (exact) mass is 536 g/mol. The Balaban J connectivity index is 1.17. The lowest BCUT2D eigenvalue weighted by atomic mass is 10.0. The van der Waals surface area contributed by atoms with E-state index >= 15 is 0 Å². The van der Waals surface area contributed by atoms with Crippen LogP contribution in [0.4, 0.5) is 17.1 Å². The van der Waals surface area contributed by atoms with Crippen LogP contribution in [0.25, 0.3) is 0 Å². The van der Waals surface area contributed by atoms with E-state index in [4.69, 9.17) is 0 Å². The SMILES string of the molecule is Cc1cc(C(=O)Nc2ccc(C(=O)c3ccc(NC(=O)c4ccc(N5CCC(O)CC5)cc4)cc3)cc2)c(C)[nH]1. The number of amides is 2. The van der Waals surface area contributed by atoms with E-state index in [0.717, 1.165) is 43.0 Å². The zero-order valence-corrected chi connectivity index (χ0v) is 22.5. The highest BCUT2D eigenvalue weighted by Gasteiger charge is 2.18.